The molecule has 0 aliphatic heterocycles. The molecule has 5 nitrogen and oxygen atoms in total. The molecular formula is C18H16F4N2O3. The molecule has 0 aromatic heterocycles. The third-order valence-electron chi connectivity index (χ3n) is 3.48. The molecule has 0 atom stereocenters. The Kier molecular flexibility index (Phi) is 6.38. The van der Waals surface area contributed by atoms with E-state index in [4.69, 9.17) is 4.74 Å². The van der Waals surface area contributed by atoms with Crippen LogP contribution in [0.4, 0.5) is 23.2 Å². The summed E-state index contributed by atoms with van der Waals surface area (Å²) < 4.78 is 55.2. The number of para-hydroxylation sites is 1. The molecule has 0 fully saturated rings. The van der Waals surface area contributed by atoms with Crippen molar-refractivity contribution in [1.29, 1.82) is 0 Å². The third-order valence-corrected chi connectivity index (χ3v) is 3.48. The van der Waals surface area contributed by atoms with Gasteiger partial charge in [-0.25, -0.2) is 4.39 Å². The average molecular weight is 384 g/mol. The van der Waals surface area contributed by atoms with Crippen LogP contribution >= 0.6 is 0 Å². The van der Waals surface area contributed by atoms with Gasteiger partial charge in [-0.05, 0) is 29.8 Å². The Balaban J connectivity index is 2.07. The fourth-order valence-corrected chi connectivity index (χ4v) is 2.27. The van der Waals surface area contributed by atoms with E-state index in [0.717, 1.165) is 6.07 Å². The first-order valence-corrected chi connectivity index (χ1v) is 7.76. The van der Waals surface area contributed by atoms with Crippen LogP contribution in [-0.2, 0) is 11.2 Å². The van der Waals surface area contributed by atoms with E-state index in [1.165, 1.54) is 43.5 Å². The van der Waals surface area contributed by atoms with Gasteiger partial charge in [0.2, 0.25) is 5.91 Å². The van der Waals surface area contributed by atoms with Crippen LogP contribution in [0.3, 0.4) is 0 Å². The molecule has 0 aliphatic carbocycles. The summed E-state index contributed by atoms with van der Waals surface area (Å²) in [6.07, 6.45) is -4.74. The highest BCUT2D eigenvalue weighted by Crippen LogP contribution is 2.20. The Hall–Kier alpha value is -3.10. The van der Waals surface area contributed by atoms with Crippen molar-refractivity contribution in [3.8, 4) is 5.75 Å². The van der Waals surface area contributed by atoms with E-state index in [0.29, 0.717) is 5.56 Å². The smallest absolute Gasteiger partial charge is 0.405 e. The predicted molar refractivity (Wildman–Crippen MR) is 90.1 cm³/mol. The van der Waals surface area contributed by atoms with Crippen LogP contribution in [0.15, 0.2) is 42.5 Å². The van der Waals surface area contributed by atoms with Crippen molar-refractivity contribution < 1.29 is 31.9 Å². The van der Waals surface area contributed by atoms with E-state index in [9.17, 15) is 27.2 Å². The average Bonchev–Trinajstić information content (AvgIpc) is 2.59. The van der Waals surface area contributed by atoms with Crippen LogP contribution in [0.2, 0.25) is 0 Å². The molecule has 2 aromatic carbocycles. The lowest BCUT2D eigenvalue weighted by molar-refractivity contribution is -0.123. The zero-order valence-corrected chi connectivity index (χ0v) is 14.2. The van der Waals surface area contributed by atoms with Crippen molar-refractivity contribution in [2.75, 3.05) is 19.0 Å². The number of carbonyl (C=O) groups excluding carboxylic acids is 2. The molecule has 0 radical (unpaired) electrons. The number of benzene rings is 2. The Morgan fingerprint density at radius 2 is 1.81 bits per heavy atom. The van der Waals surface area contributed by atoms with Gasteiger partial charge in [-0.15, -0.1) is 0 Å². The number of anilines is 1. The topological polar surface area (TPSA) is 67.4 Å². The van der Waals surface area contributed by atoms with Gasteiger partial charge in [-0.3, -0.25) is 9.59 Å². The monoisotopic (exact) mass is 384 g/mol. The predicted octanol–water partition coefficient (Wildman–Crippen LogP) is 3.31. The zero-order valence-electron chi connectivity index (χ0n) is 14.2. The van der Waals surface area contributed by atoms with Crippen molar-refractivity contribution in [2.24, 2.45) is 0 Å². The summed E-state index contributed by atoms with van der Waals surface area (Å²) in [5.41, 5.74) is 0.303. The van der Waals surface area contributed by atoms with Gasteiger partial charge in [0.05, 0.1) is 24.8 Å². The van der Waals surface area contributed by atoms with E-state index in [-0.39, 0.29) is 23.4 Å². The number of hydrogen-bond acceptors (Lipinski definition) is 3. The number of hydrogen-bond donors (Lipinski definition) is 2. The number of carbonyl (C=O) groups is 2. The minimum absolute atomic E-state index is 0.0332. The molecule has 0 unspecified atom stereocenters. The van der Waals surface area contributed by atoms with Crippen LogP contribution in [0.1, 0.15) is 15.9 Å². The molecule has 0 aliphatic rings. The van der Waals surface area contributed by atoms with E-state index in [2.05, 4.69) is 5.32 Å². The summed E-state index contributed by atoms with van der Waals surface area (Å²) in [4.78, 5) is 24.1. The number of methoxy groups -OCH3 is 1. The maximum atomic E-state index is 13.7. The number of rotatable bonds is 6. The van der Waals surface area contributed by atoms with Crippen molar-refractivity contribution in [2.45, 2.75) is 12.6 Å². The second kappa shape index (κ2) is 8.52. The highest BCUT2D eigenvalue weighted by Gasteiger charge is 2.28. The summed E-state index contributed by atoms with van der Waals surface area (Å²) in [6.45, 7) is -1.49. The molecule has 0 heterocycles. The molecule has 144 valence electrons. The van der Waals surface area contributed by atoms with Crippen LogP contribution in [-0.4, -0.2) is 31.6 Å². The number of ether oxygens (including phenoxy) is 1. The number of alkyl halides is 3. The maximum absolute atomic E-state index is 13.7. The lowest BCUT2D eigenvalue weighted by atomic mass is 10.1. The fourth-order valence-electron chi connectivity index (χ4n) is 2.27. The molecule has 0 saturated heterocycles. The quantitative estimate of drug-likeness (QED) is 0.751. The highest BCUT2D eigenvalue weighted by molar-refractivity contribution is 6.04. The Bertz CT molecular complexity index is 838. The minimum Gasteiger partial charge on any atom is -0.494 e. The molecule has 2 rings (SSSR count). The molecule has 0 spiro atoms. The molecule has 2 amide bonds. The van der Waals surface area contributed by atoms with Crippen LogP contribution < -0.4 is 15.4 Å². The number of halogens is 4. The van der Waals surface area contributed by atoms with E-state index in [1.807, 2.05) is 0 Å². The van der Waals surface area contributed by atoms with Crippen molar-refractivity contribution in [1.82, 2.24) is 5.32 Å². The first-order chi connectivity index (χ1) is 12.7. The highest BCUT2D eigenvalue weighted by atomic mass is 19.4. The third kappa shape index (κ3) is 5.98. The van der Waals surface area contributed by atoms with E-state index < -0.39 is 30.4 Å². The van der Waals surface area contributed by atoms with Crippen LogP contribution in [0, 0.1) is 5.82 Å². The van der Waals surface area contributed by atoms with Crippen molar-refractivity contribution in [3.05, 3.63) is 59.4 Å². The molecule has 2 N–H and O–H groups in total. The van der Waals surface area contributed by atoms with Crippen molar-refractivity contribution >= 4 is 17.5 Å². The first-order valence-electron chi connectivity index (χ1n) is 7.76. The molecule has 0 bridgehead atoms. The molecule has 0 saturated carbocycles. The Labute approximate surface area is 152 Å². The fraction of sp³-hybridized carbons (Fsp3) is 0.222. The van der Waals surface area contributed by atoms with E-state index >= 15 is 0 Å². The minimum atomic E-state index is -4.55. The summed E-state index contributed by atoms with van der Waals surface area (Å²) >= 11 is 0. The van der Waals surface area contributed by atoms with Gasteiger partial charge in [0.15, 0.2) is 11.6 Å². The van der Waals surface area contributed by atoms with Gasteiger partial charge in [0, 0.05) is 0 Å². The van der Waals surface area contributed by atoms with Gasteiger partial charge in [0.1, 0.15) is 6.54 Å². The Morgan fingerprint density at radius 3 is 2.44 bits per heavy atom. The maximum Gasteiger partial charge on any atom is 0.405 e. The van der Waals surface area contributed by atoms with Gasteiger partial charge >= 0.3 is 6.18 Å². The standard InChI is InChI=1S/C18H16F4N2O3/c1-27-15-7-6-11(8-13(15)19)9-16(25)24-14-5-3-2-4-12(14)17(26)23-10-18(20,21)22/h2-8H,9-10H2,1H3,(H,23,26)(H,24,25). The van der Waals surface area contributed by atoms with Crippen LogP contribution in [0.5, 0.6) is 5.75 Å². The van der Waals surface area contributed by atoms with Gasteiger partial charge in [-0.1, -0.05) is 18.2 Å². The van der Waals surface area contributed by atoms with Gasteiger partial charge in [-0.2, -0.15) is 13.2 Å². The summed E-state index contributed by atoms with van der Waals surface area (Å²) in [7, 11) is 1.31. The molecule has 2 aromatic rings. The van der Waals surface area contributed by atoms with E-state index in [1.54, 1.807) is 5.32 Å². The summed E-state index contributed by atoms with van der Waals surface area (Å²) in [6, 6.07) is 9.66. The molecule has 27 heavy (non-hydrogen) atoms. The normalized spacial score (nSPS) is 11.0. The van der Waals surface area contributed by atoms with Gasteiger partial charge < -0.3 is 15.4 Å². The zero-order chi connectivity index (χ0) is 20.0. The van der Waals surface area contributed by atoms with Crippen molar-refractivity contribution in [3.63, 3.8) is 0 Å². The first kappa shape index (κ1) is 20.2. The van der Waals surface area contributed by atoms with Crippen LogP contribution in [0.25, 0.3) is 0 Å². The lowest BCUT2D eigenvalue weighted by Gasteiger charge is -2.13. The Morgan fingerprint density at radius 1 is 1.11 bits per heavy atom. The van der Waals surface area contributed by atoms with Gasteiger partial charge in [0.25, 0.3) is 5.91 Å². The molecular weight excluding hydrogens is 368 g/mol. The largest absolute Gasteiger partial charge is 0.494 e. The summed E-state index contributed by atoms with van der Waals surface area (Å²) in [5.74, 6) is -2.13. The second-order valence-corrected chi connectivity index (χ2v) is 5.54. The number of amides is 2. The lowest BCUT2D eigenvalue weighted by Crippen LogP contribution is -2.34. The number of nitrogens with one attached hydrogen (secondary N) is 2. The second-order valence-electron chi connectivity index (χ2n) is 5.54. The summed E-state index contributed by atoms with van der Waals surface area (Å²) in [5, 5.41) is 4.19. The molecule has 9 heteroatoms. The SMILES string of the molecule is COc1ccc(CC(=O)Nc2ccccc2C(=O)NCC(F)(F)F)cc1F.